The molecule has 3 heteroatoms. The predicted octanol–water partition coefficient (Wildman–Crippen LogP) is 1.66. The van der Waals surface area contributed by atoms with Crippen LogP contribution >= 0.6 is 0 Å². The summed E-state index contributed by atoms with van der Waals surface area (Å²) >= 11 is 0. The molecule has 0 aliphatic heterocycles. The third-order valence-corrected chi connectivity index (χ3v) is 2.75. The van der Waals surface area contributed by atoms with E-state index in [1.165, 1.54) is 6.92 Å². The van der Waals surface area contributed by atoms with Gasteiger partial charge in [-0.25, -0.2) is 0 Å². The molecule has 0 aromatic heterocycles. The van der Waals surface area contributed by atoms with Crippen molar-refractivity contribution in [1.82, 2.24) is 0 Å². The van der Waals surface area contributed by atoms with Gasteiger partial charge in [-0.2, -0.15) is 0 Å². The van der Waals surface area contributed by atoms with E-state index in [9.17, 15) is 9.90 Å². The number of ether oxygens (including phenoxy) is 1. The molecule has 0 aromatic carbocycles. The molecule has 2 unspecified atom stereocenters. The number of carbonyl (C=O) groups is 1. The Kier molecular flexibility index (Phi) is 4.14. The fraction of sp³-hybridized carbons (Fsp3) is 0.727. The number of hydrogen-bond donors (Lipinski definition) is 1. The van der Waals surface area contributed by atoms with Crippen LogP contribution in [0.1, 0.15) is 32.6 Å². The number of rotatable bonds is 3. The van der Waals surface area contributed by atoms with Gasteiger partial charge >= 0.3 is 5.97 Å². The second-order valence-electron chi connectivity index (χ2n) is 3.85. The summed E-state index contributed by atoms with van der Waals surface area (Å²) in [4.78, 5) is 10.5. The molecule has 1 saturated carbocycles. The lowest BCUT2D eigenvalue weighted by molar-refractivity contribution is -0.141. The molecule has 1 rings (SSSR count). The minimum absolute atomic E-state index is 0.244. The van der Waals surface area contributed by atoms with Crippen LogP contribution < -0.4 is 0 Å². The van der Waals surface area contributed by atoms with Crippen LogP contribution in [0, 0.1) is 5.92 Å². The normalized spacial score (nSPS) is 27.4. The molecular weight excluding hydrogens is 180 g/mol. The number of esters is 1. The Balaban J connectivity index is 2.29. The zero-order valence-corrected chi connectivity index (χ0v) is 8.66. The summed E-state index contributed by atoms with van der Waals surface area (Å²) in [6.07, 6.45) is 3.34. The molecular formula is C11H18O3. The summed E-state index contributed by atoms with van der Waals surface area (Å²) < 4.78 is 4.87. The van der Waals surface area contributed by atoms with Crippen LogP contribution in [0.2, 0.25) is 0 Å². The molecule has 0 heterocycles. The monoisotopic (exact) mass is 198 g/mol. The highest BCUT2D eigenvalue weighted by atomic mass is 16.5. The van der Waals surface area contributed by atoms with Gasteiger partial charge in [0.15, 0.2) is 0 Å². The van der Waals surface area contributed by atoms with Gasteiger partial charge in [0.2, 0.25) is 0 Å². The van der Waals surface area contributed by atoms with Crippen LogP contribution in [0.5, 0.6) is 0 Å². The first-order valence-electron chi connectivity index (χ1n) is 5.11. The molecule has 2 atom stereocenters. The zero-order chi connectivity index (χ0) is 10.6. The summed E-state index contributed by atoms with van der Waals surface area (Å²) in [5, 5.41) is 9.55. The highest BCUT2D eigenvalue weighted by molar-refractivity contribution is 5.65. The minimum Gasteiger partial charge on any atom is -0.466 e. The first-order valence-corrected chi connectivity index (χ1v) is 5.11. The number of hydrogen-bond acceptors (Lipinski definition) is 3. The standard InChI is InChI=1S/C11H18O3/c1-8-10(4-3-5-11(8)13)6-7-14-9(2)12/h10-11,13H,1,3-7H2,2H3. The van der Waals surface area contributed by atoms with Gasteiger partial charge < -0.3 is 9.84 Å². The average Bonchev–Trinajstić information content (AvgIpc) is 2.12. The highest BCUT2D eigenvalue weighted by Crippen LogP contribution is 2.30. The lowest BCUT2D eigenvalue weighted by Crippen LogP contribution is -2.23. The van der Waals surface area contributed by atoms with E-state index in [-0.39, 0.29) is 12.1 Å². The van der Waals surface area contributed by atoms with Crippen LogP contribution in [-0.4, -0.2) is 23.8 Å². The summed E-state index contributed by atoms with van der Waals surface area (Å²) in [5.74, 6) is 0.0741. The molecule has 1 N–H and O–H groups in total. The van der Waals surface area contributed by atoms with Crippen LogP contribution in [0.25, 0.3) is 0 Å². The molecule has 0 amide bonds. The van der Waals surface area contributed by atoms with Crippen molar-refractivity contribution in [3.63, 3.8) is 0 Å². The summed E-state index contributed by atoms with van der Waals surface area (Å²) in [6.45, 7) is 5.73. The van der Waals surface area contributed by atoms with Gasteiger partial charge in [0.1, 0.15) is 0 Å². The van der Waals surface area contributed by atoms with Gasteiger partial charge in [0.25, 0.3) is 0 Å². The fourth-order valence-corrected chi connectivity index (χ4v) is 1.88. The zero-order valence-electron chi connectivity index (χ0n) is 8.66. The van der Waals surface area contributed by atoms with Crippen LogP contribution in [0.3, 0.4) is 0 Å². The number of carbonyl (C=O) groups excluding carboxylic acids is 1. The second-order valence-corrected chi connectivity index (χ2v) is 3.85. The lowest BCUT2D eigenvalue weighted by atomic mass is 9.81. The van der Waals surface area contributed by atoms with Crippen molar-refractivity contribution in [2.45, 2.75) is 38.7 Å². The van der Waals surface area contributed by atoms with Crippen LogP contribution in [0.15, 0.2) is 12.2 Å². The van der Waals surface area contributed by atoms with E-state index in [0.29, 0.717) is 12.5 Å². The molecule has 0 aromatic rings. The third-order valence-electron chi connectivity index (χ3n) is 2.75. The fourth-order valence-electron chi connectivity index (χ4n) is 1.88. The summed E-state index contributed by atoms with van der Waals surface area (Å²) in [7, 11) is 0. The van der Waals surface area contributed by atoms with Crippen molar-refractivity contribution < 1.29 is 14.6 Å². The van der Waals surface area contributed by atoms with E-state index >= 15 is 0 Å². The molecule has 0 spiro atoms. The first kappa shape index (κ1) is 11.2. The van der Waals surface area contributed by atoms with Crippen LogP contribution in [0.4, 0.5) is 0 Å². The molecule has 1 aliphatic rings. The predicted molar refractivity (Wildman–Crippen MR) is 53.7 cm³/mol. The smallest absolute Gasteiger partial charge is 0.302 e. The van der Waals surface area contributed by atoms with E-state index in [1.54, 1.807) is 0 Å². The molecule has 1 fully saturated rings. The number of aliphatic hydroxyl groups excluding tert-OH is 1. The van der Waals surface area contributed by atoms with E-state index in [2.05, 4.69) is 6.58 Å². The topological polar surface area (TPSA) is 46.5 Å². The maximum absolute atomic E-state index is 10.5. The van der Waals surface area contributed by atoms with E-state index in [1.807, 2.05) is 0 Å². The Bertz CT molecular complexity index is 223. The molecule has 14 heavy (non-hydrogen) atoms. The van der Waals surface area contributed by atoms with Gasteiger partial charge in [-0.15, -0.1) is 0 Å². The molecule has 3 nitrogen and oxygen atoms in total. The van der Waals surface area contributed by atoms with Crippen LogP contribution in [-0.2, 0) is 9.53 Å². The van der Waals surface area contributed by atoms with Crippen molar-refractivity contribution in [3.05, 3.63) is 12.2 Å². The Labute approximate surface area is 84.8 Å². The van der Waals surface area contributed by atoms with Gasteiger partial charge in [-0.1, -0.05) is 6.58 Å². The van der Waals surface area contributed by atoms with Crippen molar-refractivity contribution >= 4 is 5.97 Å². The molecule has 0 saturated heterocycles. The molecule has 80 valence electrons. The molecule has 0 bridgehead atoms. The van der Waals surface area contributed by atoms with Gasteiger partial charge in [-0.05, 0) is 37.2 Å². The SMILES string of the molecule is C=C1C(O)CCCC1CCOC(C)=O. The quantitative estimate of drug-likeness (QED) is 0.554. The van der Waals surface area contributed by atoms with E-state index in [4.69, 9.17) is 4.74 Å². The Morgan fingerprint density at radius 1 is 1.64 bits per heavy atom. The molecule has 0 radical (unpaired) electrons. The first-order chi connectivity index (χ1) is 6.61. The van der Waals surface area contributed by atoms with E-state index < -0.39 is 0 Å². The summed E-state index contributed by atoms with van der Waals surface area (Å²) in [5.41, 5.74) is 0.906. The van der Waals surface area contributed by atoms with Gasteiger partial charge in [-0.3, -0.25) is 4.79 Å². The Morgan fingerprint density at radius 2 is 2.36 bits per heavy atom. The highest BCUT2D eigenvalue weighted by Gasteiger charge is 2.23. The third kappa shape index (κ3) is 3.14. The summed E-state index contributed by atoms with van der Waals surface area (Å²) in [6, 6.07) is 0. The van der Waals surface area contributed by atoms with Crippen molar-refractivity contribution in [2.75, 3.05) is 6.61 Å². The molecule has 1 aliphatic carbocycles. The van der Waals surface area contributed by atoms with Crippen molar-refractivity contribution in [1.29, 1.82) is 0 Å². The maximum atomic E-state index is 10.5. The average molecular weight is 198 g/mol. The maximum Gasteiger partial charge on any atom is 0.302 e. The van der Waals surface area contributed by atoms with Gasteiger partial charge in [0, 0.05) is 6.92 Å². The largest absolute Gasteiger partial charge is 0.466 e. The lowest BCUT2D eigenvalue weighted by Gasteiger charge is -2.28. The minimum atomic E-state index is -0.355. The van der Waals surface area contributed by atoms with Gasteiger partial charge in [0.05, 0.1) is 12.7 Å². The van der Waals surface area contributed by atoms with Crippen molar-refractivity contribution in [2.24, 2.45) is 5.92 Å². The second kappa shape index (κ2) is 5.15. The van der Waals surface area contributed by atoms with E-state index in [0.717, 1.165) is 31.3 Å². The Hall–Kier alpha value is -0.830. The Morgan fingerprint density at radius 3 is 3.00 bits per heavy atom. The van der Waals surface area contributed by atoms with Crippen molar-refractivity contribution in [3.8, 4) is 0 Å². The number of aliphatic hydroxyl groups is 1.